The number of hydrogen-bond donors (Lipinski definition) is 1. The third kappa shape index (κ3) is 6.39. The molecule has 172 valence electrons. The van der Waals surface area contributed by atoms with Crippen molar-refractivity contribution in [2.45, 2.75) is 31.4 Å². The van der Waals surface area contributed by atoms with E-state index in [0.717, 1.165) is 29.5 Å². The van der Waals surface area contributed by atoms with Crippen molar-refractivity contribution in [3.8, 4) is 5.75 Å². The summed E-state index contributed by atoms with van der Waals surface area (Å²) in [7, 11) is 0. The Morgan fingerprint density at radius 1 is 1.30 bits per heavy atom. The Labute approximate surface area is 194 Å². The zero-order valence-corrected chi connectivity index (χ0v) is 18.7. The Morgan fingerprint density at radius 2 is 2.06 bits per heavy atom. The van der Waals surface area contributed by atoms with E-state index in [0.29, 0.717) is 23.6 Å². The first-order chi connectivity index (χ1) is 15.9. The largest absolute Gasteiger partial charge is 0.494 e. The minimum Gasteiger partial charge on any atom is -0.494 e. The number of carbonyl (C=O) groups excluding carboxylic acids is 2. The number of thioether (sulfide) groups is 1. The molecule has 10 nitrogen and oxygen atoms in total. The zero-order chi connectivity index (χ0) is 23.8. The molecule has 2 aromatic carbocycles. The summed E-state index contributed by atoms with van der Waals surface area (Å²) in [4.78, 5) is 36.7. The highest BCUT2D eigenvalue weighted by Gasteiger charge is 2.40. The average Bonchev–Trinajstić information content (AvgIpc) is 3.07. The van der Waals surface area contributed by atoms with Crippen LogP contribution in [0.2, 0.25) is 0 Å². The molecule has 33 heavy (non-hydrogen) atoms. The van der Waals surface area contributed by atoms with Crippen LogP contribution in [0.5, 0.6) is 5.75 Å². The van der Waals surface area contributed by atoms with Crippen molar-refractivity contribution < 1.29 is 19.2 Å². The van der Waals surface area contributed by atoms with Gasteiger partial charge in [-0.15, -0.1) is 5.10 Å². The topological polar surface area (TPSA) is 140 Å². The predicted octanol–water partition coefficient (Wildman–Crippen LogP) is 3.49. The van der Waals surface area contributed by atoms with E-state index in [9.17, 15) is 19.7 Å². The maximum absolute atomic E-state index is 12.8. The molecule has 1 aliphatic heterocycles. The highest BCUT2D eigenvalue weighted by molar-refractivity contribution is 8.14. The van der Waals surface area contributed by atoms with Crippen molar-refractivity contribution in [3.63, 3.8) is 0 Å². The van der Waals surface area contributed by atoms with Crippen molar-refractivity contribution in [2.75, 3.05) is 11.5 Å². The summed E-state index contributed by atoms with van der Waals surface area (Å²) in [5.41, 5.74) is 6.73. The van der Waals surface area contributed by atoms with Gasteiger partial charge in [-0.2, -0.15) is 5.10 Å². The number of hydrogen-bond acceptors (Lipinski definition) is 8. The van der Waals surface area contributed by atoms with Crippen LogP contribution in [-0.4, -0.2) is 40.0 Å². The first-order valence-corrected chi connectivity index (χ1v) is 11.1. The van der Waals surface area contributed by atoms with Gasteiger partial charge in [-0.25, -0.2) is 4.90 Å². The lowest BCUT2D eigenvalue weighted by atomic mass is 10.2. The van der Waals surface area contributed by atoms with E-state index in [-0.39, 0.29) is 29.1 Å². The number of amidine groups is 1. The summed E-state index contributed by atoms with van der Waals surface area (Å²) >= 11 is 0.946. The van der Waals surface area contributed by atoms with Gasteiger partial charge in [-0.05, 0) is 30.7 Å². The first kappa shape index (κ1) is 23.9. The molecular formula is C22H23N5O5S. The molecule has 1 fully saturated rings. The summed E-state index contributed by atoms with van der Waals surface area (Å²) in [6.07, 6.45) is 3.28. The van der Waals surface area contributed by atoms with E-state index < -0.39 is 10.2 Å². The third-order valence-corrected chi connectivity index (χ3v) is 5.65. The second-order valence-corrected chi connectivity index (χ2v) is 8.33. The van der Waals surface area contributed by atoms with Gasteiger partial charge in [0.05, 0.1) is 23.4 Å². The van der Waals surface area contributed by atoms with E-state index in [2.05, 4.69) is 17.1 Å². The van der Waals surface area contributed by atoms with Crippen LogP contribution < -0.4 is 15.4 Å². The van der Waals surface area contributed by atoms with Crippen LogP contribution in [0.3, 0.4) is 0 Å². The summed E-state index contributed by atoms with van der Waals surface area (Å²) < 4.78 is 5.61. The summed E-state index contributed by atoms with van der Waals surface area (Å²) in [5, 5.41) is 17.8. The number of nitro benzene ring substituents is 1. The zero-order valence-electron chi connectivity index (χ0n) is 17.9. The number of nitrogens with two attached hydrogens (primary N) is 1. The molecule has 1 saturated heterocycles. The van der Waals surface area contributed by atoms with Gasteiger partial charge >= 0.3 is 0 Å². The van der Waals surface area contributed by atoms with Gasteiger partial charge in [0.25, 0.3) is 5.69 Å². The van der Waals surface area contributed by atoms with Gasteiger partial charge < -0.3 is 10.5 Å². The molecule has 0 saturated carbocycles. The molecule has 2 amide bonds. The molecule has 1 unspecified atom stereocenters. The number of anilines is 1. The van der Waals surface area contributed by atoms with E-state index in [1.807, 2.05) is 0 Å². The molecule has 0 aromatic heterocycles. The second kappa shape index (κ2) is 11.2. The predicted molar refractivity (Wildman–Crippen MR) is 128 cm³/mol. The first-order valence-electron chi connectivity index (χ1n) is 10.3. The Kier molecular flexibility index (Phi) is 8.14. The number of ether oxygens (including phenoxy) is 1. The molecule has 2 N–H and O–H groups in total. The number of benzene rings is 2. The van der Waals surface area contributed by atoms with Gasteiger partial charge in [0.1, 0.15) is 11.0 Å². The standard InChI is InChI=1S/C22H23N5O5S/c1-2-3-11-32-18-9-7-16(8-10-18)26-20(28)13-19(21(26)29)33-22(23)25-24-14-15-5-4-6-17(12-15)27(30)31/h4-10,12,14,19H,2-3,11,13H2,1H3,(H2,23,25). The van der Waals surface area contributed by atoms with Gasteiger partial charge in [0, 0.05) is 24.1 Å². The number of unbranched alkanes of at least 4 members (excludes halogenated alkanes) is 1. The maximum atomic E-state index is 12.8. The highest BCUT2D eigenvalue weighted by Crippen LogP contribution is 2.30. The minimum absolute atomic E-state index is 0.00403. The van der Waals surface area contributed by atoms with Gasteiger partial charge in [0.2, 0.25) is 11.8 Å². The van der Waals surface area contributed by atoms with Gasteiger partial charge in [-0.3, -0.25) is 19.7 Å². The quantitative estimate of drug-likeness (QED) is 0.148. The molecule has 11 heteroatoms. The number of nitro groups is 1. The lowest BCUT2D eigenvalue weighted by molar-refractivity contribution is -0.384. The number of nitrogens with zero attached hydrogens (tertiary/aromatic N) is 4. The van der Waals surface area contributed by atoms with Gasteiger partial charge in [0.15, 0.2) is 5.17 Å². The average molecular weight is 470 g/mol. The lowest BCUT2D eigenvalue weighted by Gasteiger charge is -2.15. The second-order valence-electron chi connectivity index (χ2n) is 7.11. The number of imide groups is 1. The van der Waals surface area contributed by atoms with E-state index in [4.69, 9.17) is 10.5 Å². The Hall–Kier alpha value is -3.73. The third-order valence-electron chi connectivity index (χ3n) is 4.67. The van der Waals surface area contributed by atoms with Crippen molar-refractivity contribution in [2.24, 2.45) is 15.9 Å². The fourth-order valence-electron chi connectivity index (χ4n) is 3.03. The molecule has 1 atom stereocenters. The summed E-state index contributed by atoms with van der Waals surface area (Å²) in [5.74, 6) is -0.0364. The van der Waals surface area contributed by atoms with Crippen molar-refractivity contribution in [1.82, 2.24) is 0 Å². The van der Waals surface area contributed by atoms with Crippen LogP contribution in [0.1, 0.15) is 31.7 Å². The normalized spacial score (nSPS) is 16.6. The van der Waals surface area contributed by atoms with Crippen LogP contribution in [0.15, 0.2) is 58.7 Å². The highest BCUT2D eigenvalue weighted by atomic mass is 32.2. The molecule has 1 aliphatic rings. The fraction of sp³-hybridized carbons (Fsp3) is 0.273. The molecular weight excluding hydrogens is 446 g/mol. The number of rotatable bonds is 9. The van der Waals surface area contributed by atoms with Gasteiger partial charge in [-0.1, -0.05) is 37.2 Å². The molecule has 0 spiro atoms. The number of non-ortho nitro benzene ring substituents is 1. The fourth-order valence-corrected chi connectivity index (χ4v) is 3.85. The number of amides is 2. The summed E-state index contributed by atoms with van der Waals surface area (Å²) in [6.45, 7) is 2.69. The minimum atomic E-state index is -0.713. The van der Waals surface area contributed by atoms with Crippen molar-refractivity contribution in [3.05, 3.63) is 64.2 Å². The number of carbonyl (C=O) groups is 2. The molecule has 0 aliphatic carbocycles. The molecule has 2 aromatic rings. The Bertz CT molecular complexity index is 1090. The lowest BCUT2D eigenvalue weighted by Crippen LogP contribution is -2.31. The monoisotopic (exact) mass is 469 g/mol. The molecule has 1 heterocycles. The Balaban J connectivity index is 1.61. The van der Waals surface area contributed by atoms with Crippen LogP contribution >= 0.6 is 11.8 Å². The van der Waals surface area contributed by atoms with Crippen molar-refractivity contribution in [1.29, 1.82) is 0 Å². The van der Waals surface area contributed by atoms with Crippen molar-refractivity contribution >= 4 is 46.3 Å². The molecule has 0 bridgehead atoms. The smallest absolute Gasteiger partial charge is 0.270 e. The van der Waals surface area contributed by atoms with Crippen LogP contribution in [0.25, 0.3) is 0 Å². The SMILES string of the molecule is CCCCOc1ccc(N2C(=O)CC(SC(N)=NN=Cc3cccc([N+](=O)[O-])c3)C2=O)cc1. The van der Waals surface area contributed by atoms with Crippen LogP contribution in [-0.2, 0) is 9.59 Å². The summed E-state index contributed by atoms with van der Waals surface area (Å²) in [6, 6.07) is 12.7. The van der Waals surface area contributed by atoms with E-state index in [1.54, 1.807) is 30.3 Å². The molecule has 0 radical (unpaired) electrons. The van der Waals surface area contributed by atoms with Crippen LogP contribution in [0.4, 0.5) is 11.4 Å². The Morgan fingerprint density at radius 3 is 2.76 bits per heavy atom. The molecule has 3 rings (SSSR count). The van der Waals surface area contributed by atoms with E-state index >= 15 is 0 Å². The maximum Gasteiger partial charge on any atom is 0.270 e. The van der Waals surface area contributed by atoms with Crippen LogP contribution in [0, 0.1) is 10.1 Å². The van der Waals surface area contributed by atoms with E-state index in [1.165, 1.54) is 24.4 Å².